The topological polar surface area (TPSA) is 59.2 Å². The van der Waals surface area contributed by atoms with Crippen LogP contribution < -0.4 is 11.0 Å². The number of aliphatic hydroxyl groups is 1. The Morgan fingerprint density at radius 1 is 1.47 bits per heavy atom. The van der Waals surface area contributed by atoms with Gasteiger partial charge in [-0.2, -0.15) is 0 Å². The summed E-state index contributed by atoms with van der Waals surface area (Å²) in [5, 5.41) is 13.1. The molecule has 1 aliphatic carbocycles. The lowest BCUT2D eigenvalue weighted by molar-refractivity contribution is 0.149. The smallest absolute Gasteiger partial charge is 0.328 e. The predicted octanol–water partition coefficient (Wildman–Crippen LogP) is 0.173. The molecule has 96 valence electrons. The van der Waals surface area contributed by atoms with Crippen molar-refractivity contribution in [1.82, 2.24) is 14.5 Å². The normalized spacial score (nSPS) is 17.3. The third-order valence-electron chi connectivity index (χ3n) is 3.01. The zero-order valence-corrected chi connectivity index (χ0v) is 10.3. The highest BCUT2D eigenvalue weighted by Gasteiger charge is 2.21. The molecule has 0 aromatic carbocycles. The summed E-state index contributed by atoms with van der Waals surface area (Å²) in [5.74, 6) is 0. The van der Waals surface area contributed by atoms with Gasteiger partial charge in [-0.3, -0.25) is 9.13 Å². The predicted molar refractivity (Wildman–Crippen MR) is 66.0 cm³/mol. The summed E-state index contributed by atoms with van der Waals surface area (Å²) in [6.45, 7) is 3.71. The molecule has 0 saturated heterocycles. The number of nitrogens with one attached hydrogen (secondary N) is 1. The van der Waals surface area contributed by atoms with Crippen molar-refractivity contribution in [3.8, 4) is 0 Å². The van der Waals surface area contributed by atoms with Crippen molar-refractivity contribution < 1.29 is 5.11 Å². The number of rotatable bonds is 7. The average molecular weight is 239 g/mol. The van der Waals surface area contributed by atoms with Gasteiger partial charge in [-0.25, -0.2) is 4.79 Å². The van der Waals surface area contributed by atoms with Gasteiger partial charge in [0.2, 0.25) is 0 Å². The maximum Gasteiger partial charge on any atom is 0.328 e. The van der Waals surface area contributed by atoms with E-state index in [1.807, 2.05) is 6.92 Å². The first-order chi connectivity index (χ1) is 8.20. The summed E-state index contributed by atoms with van der Waals surface area (Å²) in [6.07, 6.45) is 6.39. The molecule has 1 aliphatic rings. The largest absolute Gasteiger partial charge is 0.390 e. The van der Waals surface area contributed by atoms with Crippen LogP contribution in [-0.4, -0.2) is 32.9 Å². The Bertz CT molecular complexity index is 406. The van der Waals surface area contributed by atoms with Crippen LogP contribution in [0.3, 0.4) is 0 Å². The maximum absolute atomic E-state index is 11.8. The highest BCUT2D eigenvalue weighted by atomic mass is 16.3. The fraction of sp³-hybridized carbons (Fsp3) is 0.750. The molecule has 0 aliphatic heterocycles. The van der Waals surface area contributed by atoms with Gasteiger partial charge in [-0.15, -0.1) is 0 Å². The Labute approximate surface area is 101 Å². The van der Waals surface area contributed by atoms with Gasteiger partial charge in [0, 0.05) is 31.5 Å². The maximum atomic E-state index is 11.8. The van der Waals surface area contributed by atoms with E-state index < -0.39 is 6.10 Å². The van der Waals surface area contributed by atoms with Crippen molar-refractivity contribution >= 4 is 0 Å². The molecule has 1 saturated carbocycles. The van der Waals surface area contributed by atoms with E-state index in [1.54, 1.807) is 21.5 Å². The molecule has 2 N–H and O–H groups in total. The van der Waals surface area contributed by atoms with Crippen LogP contribution in [0, 0.1) is 0 Å². The molecule has 5 nitrogen and oxygen atoms in total. The molecule has 1 aromatic rings. The van der Waals surface area contributed by atoms with Gasteiger partial charge < -0.3 is 10.4 Å². The van der Waals surface area contributed by atoms with Gasteiger partial charge in [0.25, 0.3) is 0 Å². The highest BCUT2D eigenvalue weighted by molar-refractivity contribution is 4.84. The minimum Gasteiger partial charge on any atom is -0.390 e. The second-order valence-corrected chi connectivity index (χ2v) is 4.76. The van der Waals surface area contributed by atoms with Crippen LogP contribution in [0.4, 0.5) is 0 Å². The summed E-state index contributed by atoms with van der Waals surface area (Å²) >= 11 is 0. The molecule has 5 heteroatoms. The standard InChI is InChI=1S/C12H21N3O2/c1-2-5-14-6-7-15(12(14)17)9-11(16)8-13-10-3-4-10/h6-7,10-11,13,16H,2-5,8-9H2,1H3. The Morgan fingerprint density at radius 3 is 2.82 bits per heavy atom. The summed E-state index contributed by atoms with van der Waals surface area (Å²) in [5.41, 5.74) is -0.0303. The zero-order chi connectivity index (χ0) is 12.3. The molecular formula is C12H21N3O2. The molecule has 1 aromatic heterocycles. The van der Waals surface area contributed by atoms with E-state index in [0.29, 0.717) is 19.1 Å². The minimum atomic E-state index is -0.495. The van der Waals surface area contributed by atoms with E-state index in [9.17, 15) is 9.90 Å². The average Bonchev–Trinajstić information content (AvgIpc) is 3.08. The molecule has 0 amide bonds. The van der Waals surface area contributed by atoms with Gasteiger partial charge in [-0.1, -0.05) is 6.92 Å². The van der Waals surface area contributed by atoms with Crippen molar-refractivity contribution in [2.75, 3.05) is 6.54 Å². The van der Waals surface area contributed by atoms with Crippen LogP contribution in [0.5, 0.6) is 0 Å². The molecular weight excluding hydrogens is 218 g/mol. The number of hydrogen-bond donors (Lipinski definition) is 2. The Morgan fingerprint density at radius 2 is 2.18 bits per heavy atom. The first-order valence-corrected chi connectivity index (χ1v) is 6.37. The van der Waals surface area contributed by atoms with Crippen LogP contribution in [0.2, 0.25) is 0 Å². The van der Waals surface area contributed by atoms with E-state index >= 15 is 0 Å². The third-order valence-corrected chi connectivity index (χ3v) is 3.01. The number of aliphatic hydroxyl groups excluding tert-OH is 1. The molecule has 1 heterocycles. The van der Waals surface area contributed by atoms with Crippen LogP contribution >= 0.6 is 0 Å². The lowest BCUT2D eigenvalue weighted by atomic mass is 10.3. The number of aryl methyl sites for hydroxylation is 1. The lowest BCUT2D eigenvalue weighted by Gasteiger charge is -2.11. The summed E-state index contributed by atoms with van der Waals surface area (Å²) in [6, 6.07) is 0.589. The van der Waals surface area contributed by atoms with Crippen LogP contribution in [0.25, 0.3) is 0 Å². The number of aromatic nitrogens is 2. The summed E-state index contributed by atoms with van der Waals surface area (Å²) in [4.78, 5) is 11.8. The highest BCUT2D eigenvalue weighted by Crippen LogP contribution is 2.18. The van der Waals surface area contributed by atoms with Gasteiger partial charge in [0.05, 0.1) is 12.6 Å². The molecule has 2 rings (SSSR count). The lowest BCUT2D eigenvalue weighted by Crippen LogP contribution is -2.35. The van der Waals surface area contributed by atoms with Gasteiger partial charge in [-0.05, 0) is 19.3 Å². The van der Waals surface area contributed by atoms with Crippen molar-refractivity contribution in [2.24, 2.45) is 0 Å². The first-order valence-electron chi connectivity index (χ1n) is 6.37. The van der Waals surface area contributed by atoms with Crippen LogP contribution in [-0.2, 0) is 13.1 Å². The monoisotopic (exact) mass is 239 g/mol. The van der Waals surface area contributed by atoms with Crippen LogP contribution in [0.1, 0.15) is 26.2 Å². The number of nitrogens with zero attached hydrogens (tertiary/aromatic N) is 2. The fourth-order valence-electron chi connectivity index (χ4n) is 1.89. The summed E-state index contributed by atoms with van der Waals surface area (Å²) < 4.78 is 3.26. The third kappa shape index (κ3) is 3.44. The quantitative estimate of drug-likeness (QED) is 0.713. The van der Waals surface area contributed by atoms with Crippen molar-refractivity contribution in [1.29, 1.82) is 0 Å². The van der Waals surface area contributed by atoms with Crippen LogP contribution in [0.15, 0.2) is 17.2 Å². The van der Waals surface area contributed by atoms with Gasteiger partial charge in [0.15, 0.2) is 0 Å². The van der Waals surface area contributed by atoms with Crippen molar-refractivity contribution in [3.05, 3.63) is 22.9 Å². The molecule has 1 atom stereocenters. The molecule has 0 radical (unpaired) electrons. The van der Waals surface area contributed by atoms with E-state index in [4.69, 9.17) is 0 Å². The number of hydrogen-bond acceptors (Lipinski definition) is 3. The van der Waals surface area contributed by atoms with E-state index in [-0.39, 0.29) is 5.69 Å². The molecule has 1 unspecified atom stereocenters. The zero-order valence-electron chi connectivity index (χ0n) is 10.3. The number of imidazole rings is 1. The Hall–Kier alpha value is -1.07. The van der Waals surface area contributed by atoms with Gasteiger partial charge >= 0.3 is 5.69 Å². The van der Waals surface area contributed by atoms with Gasteiger partial charge in [0.1, 0.15) is 0 Å². The molecule has 0 bridgehead atoms. The fourth-order valence-corrected chi connectivity index (χ4v) is 1.89. The van der Waals surface area contributed by atoms with Crippen molar-refractivity contribution in [2.45, 2.75) is 51.4 Å². The van der Waals surface area contributed by atoms with Crippen molar-refractivity contribution in [3.63, 3.8) is 0 Å². The minimum absolute atomic E-state index is 0.0303. The van der Waals surface area contributed by atoms with E-state index in [2.05, 4.69) is 5.32 Å². The Balaban J connectivity index is 1.86. The second-order valence-electron chi connectivity index (χ2n) is 4.76. The molecule has 1 fully saturated rings. The second kappa shape index (κ2) is 5.51. The Kier molecular flexibility index (Phi) is 4.02. The van der Waals surface area contributed by atoms with E-state index in [0.717, 1.165) is 13.0 Å². The first kappa shape index (κ1) is 12.4. The summed E-state index contributed by atoms with van der Waals surface area (Å²) in [7, 11) is 0. The molecule has 0 spiro atoms. The van der Waals surface area contributed by atoms with E-state index in [1.165, 1.54) is 12.8 Å². The SMILES string of the molecule is CCCn1ccn(CC(O)CNC2CC2)c1=O. The molecule has 17 heavy (non-hydrogen) atoms.